The fraction of sp³-hybridized carbons (Fsp3) is 0.357. The highest BCUT2D eigenvalue weighted by atomic mass is 16.5. The largest absolute Gasteiger partial charge is 0.497 e. The fourth-order valence-corrected chi connectivity index (χ4v) is 1.75. The monoisotopic (exact) mass is 246 g/mol. The topological polar surface area (TPSA) is 47.3 Å². The molecular weight excluding hydrogens is 228 g/mol. The summed E-state index contributed by atoms with van der Waals surface area (Å²) < 4.78 is 10.9. The molecule has 0 saturated carbocycles. The molecule has 18 heavy (non-hydrogen) atoms. The van der Waals surface area contributed by atoms with Gasteiger partial charge in [0.15, 0.2) is 0 Å². The zero-order valence-corrected chi connectivity index (χ0v) is 10.8. The summed E-state index contributed by atoms with van der Waals surface area (Å²) in [4.78, 5) is 4.30. The molecule has 1 heterocycles. The number of hydrogen-bond donors (Lipinski definition) is 1. The van der Waals surface area contributed by atoms with Crippen molar-refractivity contribution in [3.8, 4) is 17.2 Å². The molecule has 0 bridgehead atoms. The third-order valence-corrected chi connectivity index (χ3v) is 2.72. The molecule has 0 spiro atoms. The first kappa shape index (κ1) is 12.6. The first-order chi connectivity index (χ1) is 8.83. The number of aromatic nitrogens is 1. The SMILES string of the molecule is CNCCCc1cnc(-c2cccc(OC)c2)o1. The molecule has 1 N–H and O–H groups in total. The summed E-state index contributed by atoms with van der Waals surface area (Å²) in [5, 5.41) is 3.11. The lowest BCUT2D eigenvalue weighted by molar-refractivity contribution is 0.414. The van der Waals surface area contributed by atoms with Gasteiger partial charge in [0.05, 0.1) is 13.3 Å². The smallest absolute Gasteiger partial charge is 0.226 e. The van der Waals surface area contributed by atoms with Crippen molar-refractivity contribution in [3.63, 3.8) is 0 Å². The Hall–Kier alpha value is -1.81. The number of nitrogens with zero attached hydrogens (tertiary/aromatic N) is 1. The zero-order chi connectivity index (χ0) is 12.8. The van der Waals surface area contributed by atoms with E-state index in [1.54, 1.807) is 13.3 Å². The van der Waals surface area contributed by atoms with Gasteiger partial charge in [-0.05, 0) is 38.2 Å². The Morgan fingerprint density at radius 3 is 3.06 bits per heavy atom. The second-order valence-corrected chi connectivity index (χ2v) is 4.07. The minimum absolute atomic E-state index is 0.647. The predicted octanol–water partition coefficient (Wildman–Crippen LogP) is 2.50. The molecule has 0 saturated heterocycles. The molecule has 0 unspecified atom stereocenters. The van der Waals surface area contributed by atoms with Gasteiger partial charge in [0.1, 0.15) is 11.5 Å². The summed E-state index contributed by atoms with van der Waals surface area (Å²) in [6, 6.07) is 7.72. The van der Waals surface area contributed by atoms with Crippen molar-refractivity contribution in [1.82, 2.24) is 10.3 Å². The van der Waals surface area contributed by atoms with Gasteiger partial charge < -0.3 is 14.5 Å². The van der Waals surface area contributed by atoms with E-state index < -0.39 is 0 Å². The standard InChI is InChI=1S/C14H18N2O2/c1-15-8-4-7-13-10-16-14(18-13)11-5-3-6-12(9-11)17-2/h3,5-6,9-10,15H,4,7-8H2,1-2H3. The molecule has 4 nitrogen and oxygen atoms in total. The summed E-state index contributed by atoms with van der Waals surface area (Å²) in [6.45, 7) is 0.981. The average Bonchev–Trinajstić information content (AvgIpc) is 2.88. The third kappa shape index (κ3) is 3.11. The van der Waals surface area contributed by atoms with Crippen LogP contribution in [0.4, 0.5) is 0 Å². The fourth-order valence-electron chi connectivity index (χ4n) is 1.75. The van der Waals surface area contributed by atoms with Gasteiger partial charge in [-0.25, -0.2) is 4.98 Å². The first-order valence-electron chi connectivity index (χ1n) is 6.07. The molecule has 96 valence electrons. The van der Waals surface area contributed by atoms with Crippen LogP contribution in [-0.2, 0) is 6.42 Å². The molecular formula is C14H18N2O2. The number of aryl methyl sites for hydroxylation is 1. The molecule has 2 aromatic rings. The molecule has 1 aromatic heterocycles. The van der Waals surface area contributed by atoms with Gasteiger partial charge in [-0.15, -0.1) is 0 Å². The number of oxazole rings is 1. The van der Waals surface area contributed by atoms with Crippen LogP contribution in [0.5, 0.6) is 5.75 Å². The predicted molar refractivity (Wildman–Crippen MR) is 70.7 cm³/mol. The van der Waals surface area contributed by atoms with E-state index in [4.69, 9.17) is 9.15 Å². The summed E-state index contributed by atoms with van der Waals surface area (Å²) in [7, 11) is 3.60. The highest BCUT2D eigenvalue weighted by molar-refractivity contribution is 5.55. The van der Waals surface area contributed by atoms with Crippen LogP contribution in [-0.4, -0.2) is 25.7 Å². The average molecular weight is 246 g/mol. The maximum Gasteiger partial charge on any atom is 0.226 e. The van der Waals surface area contributed by atoms with Crippen LogP contribution in [0.25, 0.3) is 11.5 Å². The molecule has 0 radical (unpaired) electrons. The summed E-state index contributed by atoms with van der Waals surface area (Å²) >= 11 is 0. The van der Waals surface area contributed by atoms with E-state index in [9.17, 15) is 0 Å². The Bertz CT molecular complexity index is 494. The number of nitrogens with one attached hydrogen (secondary N) is 1. The minimum atomic E-state index is 0.647. The van der Waals surface area contributed by atoms with Crippen LogP contribution in [0.2, 0.25) is 0 Å². The number of methoxy groups -OCH3 is 1. The maximum atomic E-state index is 5.72. The Balaban J connectivity index is 2.08. The number of benzene rings is 1. The number of ether oxygens (including phenoxy) is 1. The third-order valence-electron chi connectivity index (χ3n) is 2.72. The molecule has 0 aliphatic heterocycles. The van der Waals surface area contributed by atoms with E-state index in [-0.39, 0.29) is 0 Å². The summed E-state index contributed by atoms with van der Waals surface area (Å²) in [5.41, 5.74) is 0.939. The lowest BCUT2D eigenvalue weighted by Crippen LogP contribution is -2.08. The van der Waals surface area contributed by atoms with Gasteiger partial charge in [-0.3, -0.25) is 0 Å². The van der Waals surface area contributed by atoms with Gasteiger partial charge in [0.25, 0.3) is 0 Å². The van der Waals surface area contributed by atoms with Crippen LogP contribution < -0.4 is 10.1 Å². The van der Waals surface area contributed by atoms with Crippen LogP contribution in [0, 0.1) is 0 Å². The van der Waals surface area contributed by atoms with E-state index in [1.165, 1.54) is 0 Å². The van der Waals surface area contributed by atoms with Crippen LogP contribution in [0.1, 0.15) is 12.2 Å². The Labute approximate surface area is 107 Å². The van der Waals surface area contributed by atoms with E-state index in [0.29, 0.717) is 5.89 Å². The highest BCUT2D eigenvalue weighted by Gasteiger charge is 2.07. The molecule has 1 aromatic carbocycles. The summed E-state index contributed by atoms with van der Waals surface area (Å²) in [5.74, 6) is 2.37. The molecule has 2 rings (SSSR count). The van der Waals surface area contributed by atoms with Gasteiger partial charge in [-0.2, -0.15) is 0 Å². The van der Waals surface area contributed by atoms with Crippen molar-refractivity contribution in [1.29, 1.82) is 0 Å². The second-order valence-electron chi connectivity index (χ2n) is 4.07. The molecule has 0 aliphatic rings. The summed E-state index contributed by atoms with van der Waals surface area (Å²) in [6.07, 6.45) is 3.74. The minimum Gasteiger partial charge on any atom is -0.497 e. The number of hydrogen-bond acceptors (Lipinski definition) is 4. The quantitative estimate of drug-likeness (QED) is 0.795. The number of rotatable bonds is 6. The molecule has 0 fully saturated rings. The Morgan fingerprint density at radius 2 is 2.28 bits per heavy atom. The maximum absolute atomic E-state index is 5.72. The normalized spacial score (nSPS) is 10.6. The second kappa shape index (κ2) is 6.21. The molecule has 0 atom stereocenters. The molecule has 4 heteroatoms. The van der Waals surface area contributed by atoms with Crippen LogP contribution in [0.15, 0.2) is 34.9 Å². The van der Waals surface area contributed by atoms with E-state index in [2.05, 4.69) is 10.3 Å². The van der Waals surface area contributed by atoms with Gasteiger partial charge >= 0.3 is 0 Å². The molecule has 0 aliphatic carbocycles. The zero-order valence-electron chi connectivity index (χ0n) is 10.8. The van der Waals surface area contributed by atoms with Crippen molar-refractivity contribution in [2.45, 2.75) is 12.8 Å². The van der Waals surface area contributed by atoms with Crippen LogP contribution >= 0.6 is 0 Å². The Kier molecular flexibility index (Phi) is 4.36. The first-order valence-corrected chi connectivity index (χ1v) is 6.07. The van der Waals surface area contributed by atoms with Crippen LogP contribution in [0.3, 0.4) is 0 Å². The van der Waals surface area contributed by atoms with Gasteiger partial charge in [0.2, 0.25) is 5.89 Å². The van der Waals surface area contributed by atoms with Crippen molar-refractivity contribution < 1.29 is 9.15 Å². The van der Waals surface area contributed by atoms with E-state index >= 15 is 0 Å². The van der Waals surface area contributed by atoms with Crippen molar-refractivity contribution >= 4 is 0 Å². The lowest BCUT2D eigenvalue weighted by Gasteiger charge is -2.01. The lowest BCUT2D eigenvalue weighted by atomic mass is 10.2. The van der Waals surface area contributed by atoms with Crippen molar-refractivity contribution in [2.24, 2.45) is 0 Å². The van der Waals surface area contributed by atoms with Crippen molar-refractivity contribution in [2.75, 3.05) is 20.7 Å². The van der Waals surface area contributed by atoms with E-state index in [1.807, 2.05) is 31.3 Å². The van der Waals surface area contributed by atoms with Gasteiger partial charge in [-0.1, -0.05) is 6.07 Å². The van der Waals surface area contributed by atoms with Crippen molar-refractivity contribution in [3.05, 3.63) is 36.2 Å². The highest BCUT2D eigenvalue weighted by Crippen LogP contribution is 2.23. The molecule has 0 amide bonds. The Morgan fingerprint density at radius 1 is 1.39 bits per heavy atom. The van der Waals surface area contributed by atoms with Gasteiger partial charge in [0, 0.05) is 12.0 Å². The van der Waals surface area contributed by atoms with E-state index in [0.717, 1.165) is 36.5 Å².